The Labute approximate surface area is 179 Å². The Kier molecular flexibility index (Phi) is 6.28. The van der Waals surface area contributed by atoms with E-state index in [1.807, 2.05) is 47.8 Å². The molecular formula is C23H25N3O3S. The Bertz CT molecular complexity index is 984. The molecule has 0 unspecified atom stereocenters. The highest BCUT2D eigenvalue weighted by Gasteiger charge is 2.38. The number of amides is 2. The maximum atomic E-state index is 12.4. The number of furan rings is 1. The van der Waals surface area contributed by atoms with E-state index in [1.165, 1.54) is 0 Å². The number of thiazole rings is 1. The second kappa shape index (κ2) is 9.26. The number of nitrogens with zero attached hydrogens (tertiary/aromatic N) is 1. The first-order valence-corrected chi connectivity index (χ1v) is 11.1. The van der Waals surface area contributed by atoms with E-state index >= 15 is 0 Å². The Balaban J connectivity index is 1.24. The van der Waals surface area contributed by atoms with Crippen molar-refractivity contribution in [1.29, 1.82) is 0 Å². The van der Waals surface area contributed by atoms with E-state index in [9.17, 15) is 9.59 Å². The monoisotopic (exact) mass is 423 g/mol. The first-order chi connectivity index (χ1) is 14.6. The lowest BCUT2D eigenvalue weighted by atomic mass is 9.87. The lowest BCUT2D eigenvalue weighted by molar-refractivity contribution is -0.122. The number of rotatable bonds is 9. The van der Waals surface area contributed by atoms with Gasteiger partial charge in [0.1, 0.15) is 5.76 Å². The molecule has 1 aromatic carbocycles. The van der Waals surface area contributed by atoms with E-state index in [0.717, 1.165) is 28.4 Å². The number of hydrogen-bond acceptors (Lipinski definition) is 5. The molecule has 1 saturated heterocycles. The van der Waals surface area contributed by atoms with Crippen LogP contribution in [0.5, 0.6) is 0 Å². The van der Waals surface area contributed by atoms with Crippen LogP contribution >= 0.6 is 11.3 Å². The predicted molar refractivity (Wildman–Crippen MR) is 116 cm³/mol. The van der Waals surface area contributed by atoms with Crippen LogP contribution in [0.15, 0.2) is 58.5 Å². The van der Waals surface area contributed by atoms with Crippen molar-refractivity contribution >= 4 is 23.2 Å². The average Bonchev–Trinajstić information content (AvgIpc) is 3.50. The van der Waals surface area contributed by atoms with E-state index in [-0.39, 0.29) is 11.8 Å². The molecule has 3 heterocycles. The van der Waals surface area contributed by atoms with Crippen LogP contribution in [-0.4, -0.2) is 28.9 Å². The zero-order valence-corrected chi connectivity index (χ0v) is 17.5. The van der Waals surface area contributed by atoms with Gasteiger partial charge in [0.2, 0.25) is 11.8 Å². The lowest BCUT2D eigenvalue weighted by Gasteiger charge is -2.28. The summed E-state index contributed by atoms with van der Waals surface area (Å²) in [6, 6.07) is 13.8. The van der Waals surface area contributed by atoms with Crippen molar-refractivity contribution in [3.05, 3.63) is 64.9 Å². The maximum absolute atomic E-state index is 12.4. The zero-order chi connectivity index (χ0) is 20.8. The van der Waals surface area contributed by atoms with Crippen LogP contribution in [0.25, 0.3) is 11.3 Å². The number of nitrogens with one attached hydrogen (secondary N) is 2. The normalized spacial score (nSPS) is 18.3. The molecule has 30 heavy (non-hydrogen) atoms. The molecule has 0 saturated carbocycles. The summed E-state index contributed by atoms with van der Waals surface area (Å²) in [5, 5.41) is 9.11. The van der Waals surface area contributed by atoms with Crippen molar-refractivity contribution in [3.63, 3.8) is 0 Å². The van der Waals surface area contributed by atoms with Crippen molar-refractivity contribution in [1.82, 2.24) is 15.6 Å². The number of benzene rings is 1. The van der Waals surface area contributed by atoms with Gasteiger partial charge in [-0.05, 0) is 25.0 Å². The first-order valence-electron chi connectivity index (χ1n) is 10.2. The number of carbonyl (C=O) groups is 2. The third-order valence-corrected chi connectivity index (χ3v) is 6.35. The smallest absolute Gasteiger partial charge is 0.220 e. The SMILES string of the molecule is O=C(CC[C@]1(Cc2ccco2)CCC(=O)N1)NCCc1nc(-c2ccccc2)cs1. The molecule has 156 valence electrons. The van der Waals surface area contributed by atoms with Crippen LogP contribution < -0.4 is 10.6 Å². The zero-order valence-electron chi connectivity index (χ0n) is 16.7. The fourth-order valence-electron chi connectivity index (χ4n) is 3.85. The third-order valence-electron chi connectivity index (χ3n) is 5.44. The van der Waals surface area contributed by atoms with Gasteiger partial charge < -0.3 is 15.1 Å². The number of aromatic nitrogens is 1. The Morgan fingerprint density at radius 3 is 2.83 bits per heavy atom. The molecular weight excluding hydrogens is 398 g/mol. The van der Waals surface area contributed by atoms with Crippen LogP contribution in [0.4, 0.5) is 0 Å². The van der Waals surface area contributed by atoms with Crippen LogP contribution in [0.3, 0.4) is 0 Å². The summed E-state index contributed by atoms with van der Waals surface area (Å²) in [4.78, 5) is 28.9. The van der Waals surface area contributed by atoms with E-state index in [1.54, 1.807) is 17.6 Å². The summed E-state index contributed by atoms with van der Waals surface area (Å²) in [5.41, 5.74) is 1.68. The Hall–Kier alpha value is -2.93. The van der Waals surface area contributed by atoms with Gasteiger partial charge in [0.15, 0.2) is 0 Å². The number of hydrogen-bond donors (Lipinski definition) is 2. The van der Waals surface area contributed by atoms with Gasteiger partial charge in [-0.1, -0.05) is 30.3 Å². The highest BCUT2D eigenvalue weighted by atomic mass is 32.1. The second-order valence-electron chi connectivity index (χ2n) is 7.68. The van der Waals surface area contributed by atoms with Gasteiger partial charge in [-0.3, -0.25) is 9.59 Å². The quantitative estimate of drug-likeness (QED) is 0.549. The largest absolute Gasteiger partial charge is 0.469 e. The van der Waals surface area contributed by atoms with Gasteiger partial charge >= 0.3 is 0 Å². The minimum Gasteiger partial charge on any atom is -0.469 e. The van der Waals surface area contributed by atoms with Crippen molar-refractivity contribution in [2.75, 3.05) is 6.54 Å². The van der Waals surface area contributed by atoms with Gasteiger partial charge in [0.25, 0.3) is 0 Å². The van der Waals surface area contributed by atoms with Gasteiger partial charge in [-0.25, -0.2) is 4.98 Å². The van der Waals surface area contributed by atoms with Crippen molar-refractivity contribution in [2.24, 2.45) is 0 Å². The summed E-state index contributed by atoms with van der Waals surface area (Å²) in [5.74, 6) is 0.866. The van der Waals surface area contributed by atoms with Crippen molar-refractivity contribution in [2.45, 2.75) is 44.1 Å². The van der Waals surface area contributed by atoms with Gasteiger partial charge in [-0.15, -0.1) is 11.3 Å². The molecule has 0 bridgehead atoms. The fourth-order valence-corrected chi connectivity index (χ4v) is 4.65. The van der Waals surface area contributed by atoms with Gasteiger partial charge in [-0.2, -0.15) is 0 Å². The van der Waals surface area contributed by atoms with Crippen LogP contribution in [0.1, 0.15) is 36.5 Å². The summed E-state index contributed by atoms with van der Waals surface area (Å²) < 4.78 is 5.45. The molecule has 4 rings (SSSR count). The minimum atomic E-state index is -0.397. The second-order valence-corrected chi connectivity index (χ2v) is 8.62. The molecule has 0 aliphatic carbocycles. The molecule has 3 aromatic rings. The lowest BCUT2D eigenvalue weighted by Crippen LogP contribution is -2.44. The molecule has 1 aliphatic heterocycles. The molecule has 7 heteroatoms. The van der Waals surface area contributed by atoms with E-state index < -0.39 is 5.54 Å². The summed E-state index contributed by atoms with van der Waals surface area (Å²) in [7, 11) is 0. The van der Waals surface area contributed by atoms with E-state index in [0.29, 0.717) is 38.6 Å². The molecule has 0 radical (unpaired) electrons. The van der Waals surface area contributed by atoms with E-state index in [4.69, 9.17) is 4.42 Å². The summed E-state index contributed by atoms with van der Waals surface area (Å²) in [6.07, 6.45) is 5.14. The fraction of sp³-hybridized carbons (Fsp3) is 0.348. The highest BCUT2D eigenvalue weighted by molar-refractivity contribution is 7.09. The standard InChI is InChI=1S/C23H25N3O3S/c27-20(8-11-23(12-9-21(28)26-23)15-18-7-4-14-29-18)24-13-10-22-25-19(16-30-22)17-5-2-1-3-6-17/h1-7,14,16H,8-13,15H2,(H,24,27)(H,26,28)/t23-/m1/s1. The minimum absolute atomic E-state index is 0.00481. The first kappa shape index (κ1) is 20.3. The molecule has 1 aliphatic rings. The van der Waals surface area contributed by atoms with Crippen LogP contribution in [0, 0.1) is 0 Å². The van der Waals surface area contributed by atoms with Gasteiger partial charge in [0, 0.05) is 48.7 Å². The summed E-state index contributed by atoms with van der Waals surface area (Å²) in [6.45, 7) is 0.554. The third kappa shape index (κ3) is 5.16. The van der Waals surface area contributed by atoms with Crippen molar-refractivity contribution < 1.29 is 14.0 Å². The topological polar surface area (TPSA) is 84.2 Å². The average molecular weight is 424 g/mol. The Morgan fingerprint density at radius 2 is 2.10 bits per heavy atom. The molecule has 6 nitrogen and oxygen atoms in total. The molecule has 1 atom stereocenters. The Morgan fingerprint density at radius 1 is 1.23 bits per heavy atom. The van der Waals surface area contributed by atoms with Crippen LogP contribution in [-0.2, 0) is 22.4 Å². The predicted octanol–water partition coefficient (Wildman–Crippen LogP) is 3.73. The molecule has 2 N–H and O–H groups in total. The maximum Gasteiger partial charge on any atom is 0.220 e. The van der Waals surface area contributed by atoms with Crippen molar-refractivity contribution in [3.8, 4) is 11.3 Å². The van der Waals surface area contributed by atoms with Crippen LogP contribution in [0.2, 0.25) is 0 Å². The van der Waals surface area contributed by atoms with Gasteiger partial charge in [0.05, 0.1) is 17.0 Å². The molecule has 0 spiro atoms. The molecule has 2 aromatic heterocycles. The van der Waals surface area contributed by atoms with E-state index in [2.05, 4.69) is 15.6 Å². The molecule has 1 fully saturated rings. The highest BCUT2D eigenvalue weighted by Crippen LogP contribution is 2.29. The summed E-state index contributed by atoms with van der Waals surface area (Å²) >= 11 is 1.61. The molecule has 2 amide bonds. The number of carbonyl (C=O) groups excluding carboxylic acids is 2.